The molecule has 5 fully saturated rings. The predicted octanol–water partition coefficient (Wildman–Crippen LogP) is 0.299. The van der Waals surface area contributed by atoms with Crippen molar-refractivity contribution in [1.29, 1.82) is 0 Å². The molecule has 10 N–H and O–H groups in total. The molecule has 3 aliphatic carbocycles. The Morgan fingerprint density at radius 2 is 1.17 bits per heavy atom. The van der Waals surface area contributed by atoms with Crippen molar-refractivity contribution >= 4 is 59.3 Å². The second-order valence-electron chi connectivity index (χ2n) is 29.3. The van der Waals surface area contributed by atoms with Crippen LogP contribution >= 0.6 is 0 Å². The van der Waals surface area contributed by atoms with Crippen molar-refractivity contribution in [3.05, 3.63) is 143 Å². The quantitative estimate of drug-likeness (QED) is 0.0202. The molecule has 2 saturated carbocycles. The summed E-state index contributed by atoms with van der Waals surface area (Å²) < 4.78 is 58.6. The zero-order valence-electron chi connectivity index (χ0n) is 61.6. The third-order valence-electron chi connectivity index (χ3n) is 21.8. The third kappa shape index (κ3) is 16.2. The van der Waals surface area contributed by atoms with Crippen molar-refractivity contribution in [3.63, 3.8) is 0 Å². The van der Waals surface area contributed by atoms with E-state index in [1.165, 1.54) is 99.7 Å². The first-order valence-electron chi connectivity index (χ1n) is 36.1. The number of carbonyl (C=O) groups excluding carboxylic acids is 10. The summed E-state index contributed by atoms with van der Waals surface area (Å²) in [4.78, 5) is 144. The lowest BCUT2D eigenvalue weighted by Gasteiger charge is -2.67. The number of hydrogen-bond acceptors (Lipinski definition) is 30. The Morgan fingerprint density at radius 3 is 1.66 bits per heavy atom. The average Bonchev–Trinajstić information content (AvgIpc) is 0.806. The van der Waals surface area contributed by atoms with E-state index in [4.69, 9.17) is 42.6 Å². The van der Waals surface area contributed by atoms with Crippen LogP contribution in [0.2, 0.25) is 0 Å². The van der Waals surface area contributed by atoms with E-state index in [1.807, 2.05) is 0 Å². The molecule has 3 amide bonds. The minimum Gasteiger partial charge on any atom is -0.461 e. The van der Waals surface area contributed by atoms with Crippen LogP contribution in [0.4, 0.5) is 0 Å². The number of hydrogen-bond donors (Lipinski definition) is 10. The highest BCUT2D eigenvalue weighted by Crippen LogP contribution is 2.65. The monoisotopic (exact) mass is 1530 g/mol. The van der Waals surface area contributed by atoms with Crippen molar-refractivity contribution < 1.29 is 126 Å². The molecular formula is C75H91N9O26. The summed E-state index contributed by atoms with van der Waals surface area (Å²) >= 11 is 0. The summed E-state index contributed by atoms with van der Waals surface area (Å²) in [5.41, 5.74) is -8.38. The molecule has 5 aromatic rings. The molecule has 2 bridgehead atoms. The number of nitrogens with one attached hydrogen (secondary N) is 3. The van der Waals surface area contributed by atoms with Crippen molar-refractivity contribution in [3.8, 4) is 0 Å². The largest absolute Gasteiger partial charge is 0.461 e. The number of nitrogens with zero attached hydrogens (tertiary/aromatic N) is 6. The molecule has 11 rings (SSSR count). The van der Waals surface area contributed by atoms with E-state index >= 15 is 14.4 Å². The topological polar surface area (TPSA) is 493 Å². The predicted molar refractivity (Wildman–Crippen MR) is 373 cm³/mol. The highest BCUT2D eigenvalue weighted by atomic mass is 16.6. The highest BCUT2D eigenvalue weighted by Gasteiger charge is 2.79. The minimum absolute atomic E-state index is 0.00259. The van der Waals surface area contributed by atoms with Gasteiger partial charge in [-0.05, 0) is 80.5 Å². The number of ketones is 1. The number of fused-ring (bicyclic) bond motifs is 5. The maximum atomic E-state index is 16.8. The molecule has 110 heavy (non-hydrogen) atoms. The number of benzene rings is 3. The zero-order valence-corrected chi connectivity index (χ0v) is 61.6. The molecule has 592 valence electrons. The Hall–Kier alpha value is -9.82. The molecule has 35 nitrogen and oxygen atoms in total. The first-order valence-corrected chi connectivity index (χ1v) is 36.1. The van der Waals surface area contributed by atoms with Crippen LogP contribution < -0.4 is 16.0 Å². The van der Waals surface area contributed by atoms with E-state index in [0.29, 0.717) is 0 Å². The molecule has 0 spiro atoms. The molecule has 0 unspecified atom stereocenters. The van der Waals surface area contributed by atoms with Crippen LogP contribution in [0.1, 0.15) is 150 Å². The molecule has 3 aliphatic heterocycles. The summed E-state index contributed by atoms with van der Waals surface area (Å²) in [5.74, 6) is -11.1. The van der Waals surface area contributed by atoms with Crippen LogP contribution in [-0.2, 0) is 93.8 Å². The molecule has 3 saturated heterocycles. The van der Waals surface area contributed by atoms with E-state index < -0.39 is 224 Å². The van der Waals surface area contributed by atoms with E-state index in [9.17, 15) is 69.3 Å². The second-order valence-corrected chi connectivity index (χ2v) is 29.3. The van der Waals surface area contributed by atoms with Gasteiger partial charge in [0.2, 0.25) is 17.9 Å². The number of esters is 6. The van der Waals surface area contributed by atoms with Crippen LogP contribution in [0.3, 0.4) is 0 Å². The molecule has 6 aliphatic rings. The van der Waals surface area contributed by atoms with Gasteiger partial charge < -0.3 is 94.3 Å². The van der Waals surface area contributed by atoms with Gasteiger partial charge in [0.05, 0.1) is 60.5 Å². The van der Waals surface area contributed by atoms with E-state index in [1.54, 1.807) is 54.6 Å². The van der Waals surface area contributed by atoms with Gasteiger partial charge in [0.1, 0.15) is 84.8 Å². The number of aliphatic hydroxyl groups excluding tert-OH is 6. The Morgan fingerprint density at radius 1 is 0.655 bits per heavy atom. The van der Waals surface area contributed by atoms with Crippen LogP contribution in [0, 0.1) is 16.7 Å². The van der Waals surface area contributed by atoms with E-state index in [-0.39, 0.29) is 77.7 Å². The molecule has 35 heteroatoms. The van der Waals surface area contributed by atoms with Crippen molar-refractivity contribution in [2.75, 3.05) is 19.8 Å². The summed E-state index contributed by atoms with van der Waals surface area (Å²) in [6.45, 7) is 8.35. The van der Waals surface area contributed by atoms with Crippen molar-refractivity contribution in [1.82, 2.24) is 45.9 Å². The SMILES string of the molecule is CC(=O)N[C@@H]1[C@@H](O)[C@@H](O)[C@@H](CO)O[C@H]1n1cc(CCCC(=O)O[C@H]2C[C@H]3OC[C@@]3(OC(C)=O)[C@H]3[C@H](OC(=O)c4ccccc4)[C@]4(O)C[C@H](OC(=O)[C@H](OC(=O)CCCc5cn([C@@H]6O[C@H](CO)[C@H](O)[C@H](O)[C@H]6NC(C)=O)nn5)[C@@H](NC(=O)c5ccccc5)c5ccccc5)C(C)=C([C@@H](OC(C)=O)C(=O)[C@]23C)C4(C)C)nn1. The number of amides is 3. The molecule has 3 aromatic carbocycles. The number of aryl methyl sites for hydroxylation is 2. The number of rotatable bonds is 26. The highest BCUT2D eigenvalue weighted by molar-refractivity contribution is 5.97. The third-order valence-corrected chi connectivity index (χ3v) is 21.8. The maximum Gasteiger partial charge on any atom is 0.350 e. The number of carbonyl (C=O) groups is 10. The Labute approximate surface area is 630 Å². The lowest BCUT2D eigenvalue weighted by molar-refractivity contribution is -0.346. The molecule has 2 aromatic heterocycles. The van der Waals surface area contributed by atoms with Gasteiger partial charge in [-0.1, -0.05) is 91.0 Å². The first-order chi connectivity index (χ1) is 52.3. The number of Topliss-reactive ketones (excluding diaryl/α,β-unsaturated/α-hetero) is 1. The van der Waals surface area contributed by atoms with Crippen LogP contribution in [0.25, 0.3) is 0 Å². The molecule has 0 radical (unpaired) electrons. The lowest BCUT2D eigenvalue weighted by atomic mass is 9.44. The maximum absolute atomic E-state index is 16.8. The number of aliphatic hydroxyl groups is 7. The second kappa shape index (κ2) is 33.4. The van der Waals surface area contributed by atoms with Crippen LogP contribution in [0.5, 0.6) is 0 Å². The van der Waals surface area contributed by atoms with Gasteiger partial charge in [0, 0.05) is 64.4 Å². The first kappa shape index (κ1) is 81.2. The number of ether oxygens (including phenoxy) is 9. The van der Waals surface area contributed by atoms with Gasteiger partial charge in [-0.3, -0.25) is 38.4 Å². The summed E-state index contributed by atoms with van der Waals surface area (Å²) in [7, 11) is 0. The van der Waals surface area contributed by atoms with Gasteiger partial charge in [0.15, 0.2) is 29.9 Å². The summed E-state index contributed by atoms with van der Waals surface area (Å²) in [6, 6.07) is 19.3. The summed E-state index contributed by atoms with van der Waals surface area (Å²) in [5, 5.41) is 102. The minimum atomic E-state index is -2.69. The van der Waals surface area contributed by atoms with E-state index in [2.05, 4.69) is 36.6 Å². The van der Waals surface area contributed by atoms with Gasteiger partial charge in [0.25, 0.3) is 5.91 Å². The van der Waals surface area contributed by atoms with Gasteiger partial charge in [-0.2, -0.15) is 0 Å². The van der Waals surface area contributed by atoms with Gasteiger partial charge in [-0.15, -0.1) is 10.2 Å². The van der Waals surface area contributed by atoms with Crippen LogP contribution in [-0.4, -0.2) is 241 Å². The van der Waals surface area contributed by atoms with Crippen molar-refractivity contribution in [2.45, 2.75) is 222 Å². The summed E-state index contributed by atoms with van der Waals surface area (Å²) in [6.07, 6.45) is -21.7. The normalized spacial score (nSPS) is 31.4. The molecule has 5 heterocycles. The zero-order chi connectivity index (χ0) is 79.5. The molecule has 21 atom stereocenters. The molecular weight excluding hydrogens is 1440 g/mol. The van der Waals surface area contributed by atoms with Crippen LogP contribution in [0.15, 0.2) is 115 Å². The van der Waals surface area contributed by atoms with Gasteiger partial charge >= 0.3 is 35.8 Å². The average molecular weight is 1530 g/mol. The smallest absolute Gasteiger partial charge is 0.350 e. The van der Waals surface area contributed by atoms with E-state index in [0.717, 1.165) is 13.8 Å². The standard InChI is InChI=1S/C75H91N9O26/c1-37-47(106-71(100)63(55(42-20-12-9-13-21-42)78-67(98)43-22-14-10-15-23-43)108-53(92)29-19-27-46-33-84(82-80-46)69-57(77-39(3)88)61(96)59(94)49(35-86)105-69)31-75(101)66(109-70(99)44-24-16-11-17-25-44)64-73(8,65(97)62(103-40(4)89)54(37)72(75,6)7)50(30-51-74(64,36-102-51)110-41(5)90)107-52(91)28-18-26-45-32-83(81-79-45)68-56(76-38(2)87)60(95)58(93)48(34-85)104-68/h9-17,20-25,32-33,47-51,55-64,66,68-69,85-86,93-96,101H,18-19,26-31,34-36H2,1-8H3,(H,76,87)(H,77,88)(H,78,98)/t47-,48+,49+,50-,51+,55-,56+,57+,58-,59-,60+,61+,62+,63+,64-,66-,68+,69+,73+,74-,75+/m0/s1. The Balaban J connectivity index is 0.948. The van der Waals surface area contributed by atoms with Gasteiger partial charge in [-0.25, -0.2) is 19.0 Å². The lowest BCUT2D eigenvalue weighted by Crippen LogP contribution is -2.82. The van der Waals surface area contributed by atoms with Crippen molar-refractivity contribution in [2.24, 2.45) is 16.7 Å². The Kier molecular flexibility index (Phi) is 24.6. The fourth-order valence-electron chi connectivity index (χ4n) is 16.2. The fourth-order valence-corrected chi connectivity index (χ4v) is 16.2. The Bertz CT molecular complexity index is 4260. The number of aromatic nitrogens is 6. The fraction of sp³-hybridized carbons (Fsp3) is 0.547.